The van der Waals surface area contributed by atoms with E-state index >= 15 is 0 Å². The molecule has 0 spiro atoms. The molecule has 0 atom stereocenters. The average molecular weight is 476 g/mol. The molecule has 10 heteroatoms. The SMILES string of the molecule is C\C=C(OC)/C(=C\C(=C/C)C(F)(F)F)N/C=C(\C(=N)CCC)c1ccc(OC(F)(F)F)cc1. The van der Waals surface area contributed by atoms with Crippen molar-refractivity contribution in [1.82, 2.24) is 5.32 Å². The van der Waals surface area contributed by atoms with Gasteiger partial charge in [-0.25, -0.2) is 0 Å². The summed E-state index contributed by atoms with van der Waals surface area (Å²) >= 11 is 0. The number of ether oxygens (including phenoxy) is 2. The van der Waals surface area contributed by atoms with Crippen LogP contribution >= 0.6 is 0 Å². The minimum Gasteiger partial charge on any atom is -0.495 e. The van der Waals surface area contributed by atoms with Gasteiger partial charge in [0.15, 0.2) is 0 Å². The van der Waals surface area contributed by atoms with E-state index in [4.69, 9.17) is 10.1 Å². The maximum Gasteiger partial charge on any atom is 0.573 e. The van der Waals surface area contributed by atoms with Crippen LogP contribution in [0.15, 0.2) is 65.7 Å². The lowest BCUT2D eigenvalue weighted by Gasteiger charge is -2.16. The zero-order valence-corrected chi connectivity index (χ0v) is 18.6. The quantitative estimate of drug-likeness (QED) is 0.162. The third kappa shape index (κ3) is 9.07. The molecular formula is C23H26F6N2O2. The fraction of sp³-hybridized carbons (Fsp3) is 0.348. The monoisotopic (exact) mass is 476 g/mol. The maximum absolute atomic E-state index is 13.3. The van der Waals surface area contributed by atoms with Crippen molar-refractivity contribution < 1.29 is 35.8 Å². The average Bonchev–Trinajstić information content (AvgIpc) is 2.71. The number of benzene rings is 1. The highest BCUT2D eigenvalue weighted by Crippen LogP contribution is 2.29. The highest BCUT2D eigenvalue weighted by Gasteiger charge is 2.32. The summed E-state index contributed by atoms with van der Waals surface area (Å²) in [6, 6.07) is 4.87. The molecule has 0 heterocycles. The molecule has 1 aromatic carbocycles. The van der Waals surface area contributed by atoms with Crippen LogP contribution in [0, 0.1) is 5.41 Å². The molecule has 4 nitrogen and oxygen atoms in total. The van der Waals surface area contributed by atoms with Crippen LogP contribution in [0.4, 0.5) is 26.3 Å². The van der Waals surface area contributed by atoms with Crippen molar-refractivity contribution in [3.63, 3.8) is 0 Å². The number of hydrogen-bond acceptors (Lipinski definition) is 4. The second-order valence-electron chi connectivity index (χ2n) is 6.66. The Hall–Kier alpha value is -3.17. The van der Waals surface area contributed by atoms with E-state index in [0.717, 1.165) is 24.3 Å². The first-order valence-corrected chi connectivity index (χ1v) is 9.92. The maximum atomic E-state index is 13.3. The Bertz CT molecular complexity index is 924. The molecule has 1 aromatic rings. The van der Waals surface area contributed by atoms with Gasteiger partial charge in [0.2, 0.25) is 0 Å². The normalized spacial score (nSPS) is 14.2. The number of halogens is 6. The van der Waals surface area contributed by atoms with Crippen LogP contribution in [0.1, 0.15) is 39.2 Å². The molecule has 0 bridgehead atoms. The number of hydrogen-bond donors (Lipinski definition) is 2. The molecule has 0 amide bonds. The zero-order chi connectivity index (χ0) is 25.2. The van der Waals surface area contributed by atoms with E-state index in [-0.39, 0.29) is 17.2 Å². The first-order chi connectivity index (χ1) is 15.4. The fourth-order valence-electron chi connectivity index (χ4n) is 2.77. The molecule has 0 aromatic heterocycles. The minimum atomic E-state index is -4.84. The van der Waals surface area contributed by atoms with Crippen LogP contribution in [0.2, 0.25) is 0 Å². The third-order valence-corrected chi connectivity index (χ3v) is 4.28. The van der Waals surface area contributed by atoms with Crippen LogP contribution in [0.25, 0.3) is 5.57 Å². The van der Waals surface area contributed by atoms with Gasteiger partial charge in [-0.05, 0) is 50.1 Å². The van der Waals surface area contributed by atoms with Gasteiger partial charge in [-0.2, -0.15) is 13.2 Å². The predicted octanol–water partition coefficient (Wildman–Crippen LogP) is 7.28. The number of alkyl halides is 6. The molecule has 0 unspecified atom stereocenters. The lowest BCUT2D eigenvalue weighted by molar-refractivity contribution is -0.274. The third-order valence-electron chi connectivity index (χ3n) is 4.28. The Morgan fingerprint density at radius 2 is 1.64 bits per heavy atom. The molecule has 0 aliphatic carbocycles. The van der Waals surface area contributed by atoms with Gasteiger partial charge < -0.3 is 20.2 Å². The van der Waals surface area contributed by atoms with Gasteiger partial charge in [0, 0.05) is 17.5 Å². The van der Waals surface area contributed by atoms with Crippen molar-refractivity contribution in [3.05, 3.63) is 71.3 Å². The van der Waals surface area contributed by atoms with E-state index in [1.165, 1.54) is 38.4 Å². The molecule has 182 valence electrons. The Balaban J connectivity index is 3.44. The molecule has 2 N–H and O–H groups in total. The van der Waals surface area contributed by atoms with Crippen LogP contribution < -0.4 is 10.1 Å². The van der Waals surface area contributed by atoms with E-state index in [0.29, 0.717) is 24.0 Å². The number of nitrogens with one attached hydrogen (secondary N) is 2. The van der Waals surface area contributed by atoms with Crippen molar-refractivity contribution in [2.24, 2.45) is 0 Å². The molecule has 0 saturated carbocycles. The Labute approximate surface area is 188 Å². The molecule has 33 heavy (non-hydrogen) atoms. The second-order valence-corrected chi connectivity index (χ2v) is 6.66. The first kappa shape index (κ1) is 27.9. The lowest BCUT2D eigenvalue weighted by Crippen LogP contribution is -2.17. The summed E-state index contributed by atoms with van der Waals surface area (Å²) in [6.07, 6.45) is -3.90. The minimum absolute atomic E-state index is 0.00996. The standard InChI is InChI=1S/C23H26F6N2O2/c1-5-8-19(30)18(15-9-11-17(12-10-15)33-23(27,28)29)14-31-20(21(7-3)32-4)13-16(6-2)22(24,25)26/h6-7,9-14,30-31H,5,8H2,1-4H3/b16-6+,18-14-,20-13+,21-7+,30-19?. The summed E-state index contributed by atoms with van der Waals surface area (Å²) in [5, 5.41) is 11.1. The molecule has 1 rings (SSSR count). The van der Waals surface area contributed by atoms with Gasteiger partial charge in [0.05, 0.1) is 18.4 Å². The van der Waals surface area contributed by atoms with Gasteiger partial charge in [-0.3, -0.25) is 0 Å². The highest BCUT2D eigenvalue weighted by molar-refractivity contribution is 6.22. The van der Waals surface area contributed by atoms with Crippen LogP contribution in [-0.4, -0.2) is 25.4 Å². The van der Waals surface area contributed by atoms with Gasteiger partial charge in [-0.1, -0.05) is 31.6 Å². The number of rotatable bonds is 10. The lowest BCUT2D eigenvalue weighted by atomic mass is 9.99. The largest absolute Gasteiger partial charge is 0.573 e. The molecule has 0 fully saturated rings. The summed E-state index contributed by atoms with van der Waals surface area (Å²) in [6.45, 7) is 4.68. The van der Waals surface area contributed by atoms with Crippen molar-refractivity contribution in [2.45, 2.75) is 46.2 Å². The summed E-state index contributed by atoms with van der Waals surface area (Å²) < 4.78 is 86.0. The fourth-order valence-corrected chi connectivity index (χ4v) is 2.77. The molecule has 0 aliphatic heterocycles. The predicted molar refractivity (Wildman–Crippen MR) is 116 cm³/mol. The van der Waals surface area contributed by atoms with Gasteiger partial charge >= 0.3 is 12.5 Å². The molecular weight excluding hydrogens is 450 g/mol. The van der Waals surface area contributed by atoms with E-state index in [2.05, 4.69) is 10.1 Å². The van der Waals surface area contributed by atoms with E-state index in [1.807, 2.05) is 6.92 Å². The van der Waals surface area contributed by atoms with E-state index in [9.17, 15) is 26.3 Å². The van der Waals surface area contributed by atoms with Gasteiger partial charge in [0.25, 0.3) is 0 Å². The highest BCUT2D eigenvalue weighted by atomic mass is 19.4. The summed E-state index contributed by atoms with van der Waals surface area (Å²) in [5.74, 6) is -0.301. The van der Waals surface area contributed by atoms with Crippen LogP contribution in [0.5, 0.6) is 5.75 Å². The van der Waals surface area contributed by atoms with Gasteiger partial charge in [-0.15, -0.1) is 13.2 Å². The summed E-state index contributed by atoms with van der Waals surface area (Å²) in [7, 11) is 1.30. The summed E-state index contributed by atoms with van der Waals surface area (Å²) in [4.78, 5) is 0. The van der Waals surface area contributed by atoms with Crippen LogP contribution in [-0.2, 0) is 4.74 Å². The smallest absolute Gasteiger partial charge is 0.495 e. The molecule has 0 radical (unpaired) electrons. The Morgan fingerprint density at radius 1 is 1.03 bits per heavy atom. The first-order valence-electron chi connectivity index (χ1n) is 9.92. The Morgan fingerprint density at radius 3 is 2.06 bits per heavy atom. The van der Waals surface area contributed by atoms with Crippen molar-refractivity contribution in [3.8, 4) is 5.75 Å². The Kier molecular flexibility index (Phi) is 10.3. The van der Waals surface area contributed by atoms with Crippen LogP contribution in [0.3, 0.4) is 0 Å². The molecule has 0 saturated heterocycles. The summed E-state index contributed by atoms with van der Waals surface area (Å²) in [5.41, 5.74) is -0.0912. The van der Waals surface area contributed by atoms with Crippen molar-refractivity contribution in [1.29, 1.82) is 5.41 Å². The second kappa shape index (κ2) is 12.2. The number of methoxy groups -OCH3 is 1. The van der Waals surface area contributed by atoms with E-state index < -0.39 is 23.9 Å². The van der Waals surface area contributed by atoms with Crippen molar-refractivity contribution >= 4 is 11.3 Å². The topological polar surface area (TPSA) is 54.3 Å². The van der Waals surface area contributed by atoms with Crippen molar-refractivity contribution in [2.75, 3.05) is 7.11 Å². The van der Waals surface area contributed by atoms with Gasteiger partial charge in [0.1, 0.15) is 11.5 Å². The van der Waals surface area contributed by atoms with E-state index in [1.54, 1.807) is 6.92 Å². The number of allylic oxidation sites excluding steroid dienone is 5. The zero-order valence-electron chi connectivity index (χ0n) is 18.6. The molecule has 0 aliphatic rings.